The summed E-state index contributed by atoms with van der Waals surface area (Å²) in [5, 5.41) is 9.04. The highest BCUT2D eigenvalue weighted by atomic mass is 16.5. The number of ether oxygens (including phenoxy) is 1. The van der Waals surface area contributed by atoms with Crippen molar-refractivity contribution in [1.82, 2.24) is 0 Å². The first-order valence-corrected chi connectivity index (χ1v) is 6.40. The molecule has 0 fully saturated rings. The zero-order valence-electron chi connectivity index (χ0n) is 10.8. The molecule has 0 spiro atoms. The van der Waals surface area contributed by atoms with Gasteiger partial charge in [-0.2, -0.15) is 0 Å². The Labute approximate surface area is 108 Å². The number of hydrogen-bond donors (Lipinski definition) is 1. The molecule has 0 atom stereocenters. The molecule has 98 valence electrons. The molecule has 0 aliphatic heterocycles. The molecular formula is C15H20O3. The molecule has 0 saturated carbocycles. The van der Waals surface area contributed by atoms with Gasteiger partial charge in [0.05, 0.1) is 0 Å². The van der Waals surface area contributed by atoms with Gasteiger partial charge >= 0.3 is 5.97 Å². The number of allylic oxidation sites excluding steroid dienone is 1. The Kier molecular flexibility index (Phi) is 6.62. The minimum Gasteiger partial charge on any atom is -0.475 e. The number of carboxylic acid groups (broad SMARTS) is 1. The first kappa shape index (κ1) is 14.3. The fourth-order valence-corrected chi connectivity index (χ4v) is 1.59. The monoisotopic (exact) mass is 248 g/mol. The quantitative estimate of drug-likeness (QED) is 0.429. The number of carbonyl (C=O) groups is 1. The van der Waals surface area contributed by atoms with Crippen LogP contribution < -0.4 is 4.74 Å². The van der Waals surface area contributed by atoms with Gasteiger partial charge in [0.2, 0.25) is 5.76 Å². The highest BCUT2D eigenvalue weighted by molar-refractivity contribution is 5.84. The van der Waals surface area contributed by atoms with Crippen LogP contribution in [0.4, 0.5) is 0 Å². The Morgan fingerprint density at radius 2 is 1.94 bits per heavy atom. The lowest BCUT2D eigenvalue weighted by molar-refractivity contribution is -0.135. The van der Waals surface area contributed by atoms with Crippen LogP contribution in [0.1, 0.15) is 39.0 Å². The molecule has 0 saturated heterocycles. The van der Waals surface area contributed by atoms with Crippen LogP contribution in [0.5, 0.6) is 5.75 Å². The summed E-state index contributed by atoms with van der Waals surface area (Å²) in [5.74, 6) is -0.452. The van der Waals surface area contributed by atoms with Crippen LogP contribution in [0.2, 0.25) is 0 Å². The summed E-state index contributed by atoms with van der Waals surface area (Å²) < 4.78 is 5.34. The summed E-state index contributed by atoms with van der Waals surface area (Å²) >= 11 is 0. The SMILES string of the molecule is CCCCCC/C=C(/Oc1ccccc1)C(=O)O. The van der Waals surface area contributed by atoms with Crippen molar-refractivity contribution in [1.29, 1.82) is 0 Å². The highest BCUT2D eigenvalue weighted by Crippen LogP contribution is 2.14. The Bertz CT molecular complexity index is 382. The van der Waals surface area contributed by atoms with Gasteiger partial charge in [0.1, 0.15) is 5.75 Å². The van der Waals surface area contributed by atoms with Crippen LogP contribution in [-0.2, 0) is 4.79 Å². The Hall–Kier alpha value is -1.77. The molecule has 3 heteroatoms. The second-order valence-electron chi connectivity index (χ2n) is 4.14. The van der Waals surface area contributed by atoms with Crippen molar-refractivity contribution in [3.63, 3.8) is 0 Å². The second-order valence-corrected chi connectivity index (χ2v) is 4.14. The molecule has 3 nitrogen and oxygen atoms in total. The summed E-state index contributed by atoms with van der Waals surface area (Å²) in [4.78, 5) is 11.0. The second kappa shape index (κ2) is 8.34. The Morgan fingerprint density at radius 1 is 1.22 bits per heavy atom. The van der Waals surface area contributed by atoms with Gasteiger partial charge in [0.25, 0.3) is 0 Å². The fraction of sp³-hybridized carbons (Fsp3) is 0.400. The molecule has 0 unspecified atom stereocenters. The van der Waals surface area contributed by atoms with E-state index in [1.165, 1.54) is 12.8 Å². The number of rotatable bonds is 8. The number of unbranched alkanes of at least 4 members (excludes halogenated alkanes) is 4. The van der Waals surface area contributed by atoms with Gasteiger partial charge in [-0.1, -0.05) is 44.4 Å². The molecule has 1 N–H and O–H groups in total. The van der Waals surface area contributed by atoms with Gasteiger partial charge in [-0.15, -0.1) is 0 Å². The average molecular weight is 248 g/mol. The van der Waals surface area contributed by atoms with Crippen molar-refractivity contribution in [3.05, 3.63) is 42.2 Å². The standard InChI is InChI=1S/C15H20O3/c1-2-3-4-5-9-12-14(15(16)17)18-13-10-7-6-8-11-13/h6-8,10-12H,2-5,9H2,1H3,(H,16,17)/b14-12+. The van der Waals surface area contributed by atoms with E-state index in [1.807, 2.05) is 18.2 Å². The third-order valence-corrected chi connectivity index (χ3v) is 2.57. The lowest BCUT2D eigenvalue weighted by Crippen LogP contribution is -2.07. The van der Waals surface area contributed by atoms with E-state index in [-0.39, 0.29) is 5.76 Å². The Balaban J connectivity index is 2.49. The smallest absolute Gasteiger partial charge is 0.371 e. The number of para-hydroxylation sites is 1. The summed E-state index contributed by atoms with van der Waals surface area (Å²) in [6.07, 6.45) is 6.90. The molecule has 0 aliphatic carbocycles. The van der Waals surface area contributed by atoms with Crippen molar-refractivity contribution in [3.8, 4) is 5.75 Å². The van der Waals surface area contributed by atoms with Gasteiger partial charge in [0, 0.05) is 0 Å². The molecule has 0 aromatic heterocycles. The molecule has 18 heavy (non-hydrogen) atoms. The predicted octanol–water partition coefficient (Wildman–Crippen LogP) is 4.00. The number of benzene rings is 1. The molecule has 0 radical (unpaired) electrons. The molecule has 1 rings (SSSR count). The fourth-order valence-electron chi connectivity index (χ4n) is 1.59. The van der Waals surface area contributed by atoms with E-state index in [1.54, 1.807) is 18.2 Å². The van der Waals surface area contributed by atoms with Crippen molar-refractivity contribution >= 4 is 5.97 Å². The maximum atomic E-state index is 11.0. The lowest BCUT2D eigenvalue weighted by atomic mass is 10.1. The zero-order valence-corrected chi connectivity index (χ0v) is 10.8. The molecule has 0 heterocycles. The number of aliphatic carboxylic acids is 1. The third-order valence-electron chi connectivity index (χ3n) is 2.57. The zero-order chi connectivity index (χ0) is 13.2. The molecule has 0 aliphatic rings. The van der Waals surface area contributed by atoms with E-state index >= 15 is 0 Å². The summed E-state index contributed by atoms with van der Waals surface area (Å²) in [7, 11) is 0. The molecule has 1 aromatic carbocycles. The van der Waals surface area contributed by atoms with Crippen LogP contribution in [0.3, 0.4) is 0 Å². The van der Waals surface area contributed by atoms with E-state index in [0.717, 1.165) is 19.3 Å². The van der Waals surface area contributed by atoms with Crippen molar-refractivity contribution in [2.75, 3.05) is 0 Å². The van der Waals surface area contributed by atoms with Gasteiger partial charge in [0.15, 0.2) is 0 Å². The molecular weight excluding hydrogens is 228 g/mol. The van der Waals surface area contributed by atoms with Crippen LogP contribution in [0.25, 0.3) is 0 Å². The largest absolute Gasteiger partial charge is 0.475 e. The van der Waals surface area contributed by atoms with E-state index in [0.29, 0.717) is 5.75 Å². The highest BCUT2D eigenvalue weighted by Gasteiger charge is 2.09. The molecule has 0 amide bonds. The van der Waals surface area contributed by atoms with Crippen molar-refractivity contribution in [2.24, 2.45) is 0 Å². The van der Waals surface area contributed by atoms with E-state index < -0.39 is 5.97 Å². The van der Waals surface area contributed by atoms with Crippen molar-refractivity contribution in [2.45, 2.75) is 39.0 Å². The van der Waals surface area contributed by atoms with Crippen molar-refractivity contribution < 1.29 is 14.6 Å². The van der Waals surface area contributed by atoms with Gasteiger partial charge < -0.3 is 9.84 Å². The topological polar surface area (TPSA) is 46.5 Å². The van der Waals surface area contributed by atoms with E-state index in [9.17, 15) is 4.79 Å². The van der Waals surface area contributed by atoms with E-state index in [2.05, 4.69) is 6.92 Å². The minimum atomic E-state index is -1.02. The maximum absolute atomic E-state index is 11.0. The minimum absolute atomic E-state index is 0.0118. The first-order chi connectivity index (χ1) is 8.74. The molecule has 1 aromatic rings. The van der Waals surface area contributed by atoms with Crippen LogP contribution >= 0.6 is 0 Å². The summed E-state index contributed by atoms with van der Waals surface area (Å²) in [6, 6.07) is 8.98. The van der Waals surface area contributed by atoms with Gasteiger partial charge in [-0.3, -0.25) is 0 Å². The van der Waals surface area contributed by atoms with Crippen LogP contribution in [0, 0.1) is 0 Å². The number of hydrogen-bond acceptors (Lipinski definition) is 2. The average Bonchev–Trinajstić information content (AvgIpc) is 2.38. The van der Waals surface area contributed by atoms with Gasteiger partial charge in [-0.25, -0.2) is 4.79 Å². The van der Waals surface area contributed by atoms with Crippen LogP contribution in [-0.4, -0.2) is 11.1 Å². The maximum Gasteiger partial charge on any atom is 0.371 e. The predicted molar refractivity (Wildman–Crippen MR) is 71.5 cm³/mol. The first-order valence-electron chi connectivity index (χ1n) is 6.40. The van der Waals surface area contributed by atoms with E-state index in [4.69, 9.17) is 9.84 Å². The Morgan fingerprint density at radius 3 is 2.56 bits per heavy atom. The normalized spacial score (nSPS) is 11.3. The lowest BCUT2D eigenvalue weighted by Gasteiger charge is -2.05. The number of carboxylic acids is 1. The van der Waals surface area contributed by atoms with Crippen LogP contribution in [0.15, 0.2) is 42.2 Å². The summed E-state index contributed by atoms with van der Waals surface area (Å²) in [6.45, 7) is 2.15. The van der Waals surface area contributed by atoms with Gasteiger partial charge in [-0.05, 0) is 31.1 Å². The molecule has 0 bridgehead atoms. The summed E-state index contributed by atoms with van der Waals surface area (Å²) in [5.41, 5.74) is 0. The third kappa shape index (κ3) is 5.53.